The molecule has 4 aromatic rings. The lowest BCUT2D eigenvalue weighted by Gasteiger charge is -2.22. The highest BCUT2D eigenvalue weighted by atomic mass is 19.4. The number of aromatic amines is 1. The summed E-state index contributed by atoms with van der Waals surface area (Å²) in [5, 5.41) is 4.31. The van der Waals surface area contributed by atoms with E-state index in [-0.39, 0.29) is 5.97 Å². The largest absolute Gasteiger partial charge is 0.486 e. The van der Waals surface area contributed by atoms with E-state index in [1.807, 2.05) is 60.8 Å². The maximum Gasteiger partial charge on any atom is 0.416 e. The Balaban J connectivity index is 1.45. The summed E-state index contributed by atoms with van der Waals surface area (Å²) in [5.74, 6) is -0.0413. The Morgan fingerprint density at radius 2 is 1.67 bits per heavy atom. The molecule has 0 aliphatic rings. The van der Waals surface area contributed by atoms with Crippen LogP contribution in [0, 0.1) is 0 Å². The summed E-state index contributed by atoms with van der Waals surface area (Å²) >= 11 is 0. The number of hydrogen-bond donors (Lipinski definition) is 2. The number of rotatable bonds is 10. The highest BCUT2D eigenvalue weighted by molar-refractivity contribution is 5.84. The molecule has 2 atom stereocenters. The first kappa shape index (κ1) is 25.3. The van der Waals surface area contributed by atoms with Gasteiger partial charge in [0.2, 0.25) is 0 Å². The van der Waals surface area contributed by atoms with Crippen LogP contribution in [-0.2, 0) is 22.1 Å². The Morgan fingerprint density at radius 1 is 0.972 bits per heavy atom. The number of ether oxygens (including phenoxy) is 2. The topological polar surface area (TPSA) is 63.4 Å². The number of benzene rings is 3. The summed E-state index contributed by atoms with van der Waals surface area (Å²) in [6.45, 7) is 0.419. The van der Waals surface area contributed by atoms with Crippen molar-refractivity contribution in [2.45, 2.75) is 31.2 Å². The lowest BCUT2D eigenvalue weighted by Crippen LogP contribution is -2.40. The normalized spacial score (nSPS) is 13.3. The van der Waals surface area contributed by atoms with E-state index in [0.717, 1.165) is 34.2 Å². The Labute approximate surface area is 207 Å². The van der Waals surface area contributed by atoms with Gasteiger partial charge in [-0.25, -0.2) is 0 Å². The van der Waals surface area contributed by atoms with Gasteiger partial charge in [-0.2, -0.15) is 13.2 Å². The zero-order valence-corrected chi connectivity index (χ0v) is 19.7. The summed E-state index contributed by atoms with van der Waals surface area (Å²) < 4.78 is 49.8. The van der Waals surface area contributed by atoms with Crippen LogP contribution in [-0.4, -0.2) is 30.6 Å². The van der Waals surface area contributed by atoms with E-state index < -0.39 is 23.9 Å². The molecule has 188 valence electrons. The number of H-pyrrole nitrogens is 1. The first-order valence-electron chi connectivity index (χ1n) is 11.6. The van der Waals surface area contributed by atoms with Crippen molar-refractivity contribution >= 4 is 16.9 Å². The molecule has 0 amide bonds. The van der Waals surface area contributed by atoms with Crippen molar-refractivity contribution in [2.75, 3.05) is 13.7 Å². The van der Waals surface area contributed by atoms with E-state index in [0.29, 0.717) is 25.1 Å². The van der Waals surface area contributed by atoms with Gasteiger partial charge in [0.15, 0.2) is 0 Å². The Hall–Kier alpha value is -3.78. The molecule has 0 saturated carbocycles. The van der Waals surface area contributed by atoms with Crippen LogP contribution in [0.2, 0.25) is 0 Å². The average Bonchev–Trinajstić information content (AvgIpc) is 3.30. The SMILES string of the molecule is COC(=O)[C@H](Cc1c[nH]c2ccccc12)NCCC(Oc1ccc(C(F)(F)F)cc1)c1ccccc1. The van der Waals surface area contributed by atoms with E-state index in [4.69, 9.17) is 9.47 Å². The zero-order valence-electron chi connectivity index (χ0n) is 19.7. The quantitative estimate of drug-likeness (QED) is 0.262. The number of hydrogen-bond acceptors (Lipinski definition) is 4. The number of carbonyl (C=O) groups is 1. The number of nitrogens with one attached hydrogen (secondary N) is 2. The number of carbonyl (C=O) groups excluding carboxylic acids is 1. The van der Waals surface area contributed by atoms with Crippen LogP contribution >= 0.6 is 0 Å². The van der Waals surface area contributed by atoms with Crippen LogP contribution in [0.3, 0.4) is 0 Å². The second kappa shape index (κ2) is 11.3. The van der Waals surface area contributed by atoms with Crippen molar-refractivity contribution in [3.63, 3.8) is 0 Å². The summed E-state index contributed by atoms with van der Waals surface area (Å²) in [4.78, 5) is 15.7. The molecule has 0 fully saturated rings. The number of halogens is 3. The van der Waals surface area contributed by atoms with Crippen molar-refractivity contribution < 1.29 is 27.4 Å². The Bertz CT molecular complexity index is 1270. The number of para-hydroxylation sites is 1. The molecule has 1 unspecified atom stereocenters. The van der Waals surface area contributed by atoms with Crippen molar-refractivity contribution in [2.24, 2.45) is 0 Å². The fourth-order valence-corrected chi connectivity index (χ4v) is 4.14. The van der Waals surface area contributed by atoms with Gasteiger partial charge in [-0.3, -0.25) is 4.79 Å². The van der Waals surface area contributed by atoms with Gasteiger partial charge in [0.1, 0.15) is 17.9 Å². The molecule has 0 aliphatic carbocycles. The van der Waals surface area contributed by atoms with Crippen molar-refractivity contribution in [1.29, 1.82) is 0 Å². The van der Waals surface area contributed by atoms with Gasteiger partial charge in [0.25, 0.3) is 0 Å². The number of methoxy groups -OCH3 is 1. The fraction of sp³-hybridized carbons (Fsp3) is 0.250. The Kier molecular flexibility index (Phi) is 7.95. The molecule has 0 radical (unpaired) electrons. The second-order valence-electron chi connectivity index (χ2n) is 8.42. The molecule has 1 aromatic heterocycles. The van der Waals surface area contributed by atoms with Crippen LogP contribution < -0.4 is 10.1 Å². The first-order chi connectivity index (χ1) is 17.3. The standard InChI is InChI=1S/C28H27F3N2O3/c1-35-27(34)25(17-20-18-33-24-10-6-5-9-23(20)24)32-16-15-26(19-7-3-2-4-8-19)36-22-13-11-21(12-14-22)28(29,30)31/h2-14,18,25-26,32-33H,15-17H2,1H3/t25-,26?/m0/s1. The van der Waals surface area contributed by atoms with Crippen molar-refractivity contribution in [3.8, 4) is 5.75 Å². The fourth-order valence-electron chi connectivity index (χ4n) is 4.14. The summed E-state index contributed by atoms with van der Waals surface area (Å²) in [6, 6.07) is 21.4. The summed E-state index contributed by atoms with van der Waals surface area (Å²) in [7, 11) is 1.35. The molecule has 4 rings (SSSR count). The Morgan fingerprint density at radius 3 is 2.36 bits per heavy atom. The number of esters is 1. The zero-order chi connectivity index (χ0) is 25.5. The molecule has 0 bridgehead atoms. The van der Waals surface area contributed by atoms with E-state index >= 15 is 0 Å². The first-order valence-corrected chi connectivity index (χ1v) is 11.6. The molecular formula is C28H27F3N2O3. The third-order valence-electron chi connectivity index (χ3n) is 6.01. The predicted octanol–water partition coefficient (Wildman–Crippen LogP) is 6.07. The van der Waals surface area contributed by atoms with Gasteiger partial charge >= 0.3 is 12.1 Å². The number of fused-ring (bicyclic) bond motifs is 1. The van der Waals surface area contributed by atoms with Crippen LogP contribution in [0.25, 0.3) is 10.9 Å². The minimum Gasteiger partial charge on any atom is -0.486 e. The van der Waals surface area contributed by atoms with Gasteiger partial charge in [-0.1, -0.05) is 48.5 Å². The van der Waals surface area contributed by atoms with E-state index in [9.17, 15) is 18.0 Å². The molecule has 36 heavy (non-hydrogen) atoms. The molecule has 1 heterocycles. The van der Waals surface area contributed by atoms with Crippen molar-refractivity contribution in [3.05, 3.63) is 102 Å². The molecule has 3 aromatic carbocycles. The molecule has 0 saturated heterocycles. The minimum atomic E-state index is -4.41. The lowest BCUT2D eigenvalue weighted by molar-refractivity contribution is -0.143. The van der Waals surface area contributed by atoms with E-state index in [1.165, 1.54) is 19.2 Å². The maximum atomic E-state index is 12.9. The van der Waals surface area contributed by atoms with E-state index in [1.54, 1.807) is 0 Å². The third kappa shape index (κ3) is 6.26. The highest BCUT2D eigenvalue weighted by Gasteiger charge is 2.30. The van der Waals surface area contributed by atoms with Crippen LogP contribution in [0.5, 0.6) is 5.75 Å². The van der Waals surface area contributed by atoms with Gasteiger partial charge in [0, 0.05) is 29.9 Å². The predicted molar refractivity (Wildman–Crippen MR) is 132 cm³/mol. The molecular weight excluding hydrogens is 469 g/mol. The lowest BCUT2D eigenvalue weighted by atomic mass is 10.0. The second-order valence-corrected chi connectivity index (χ2v) is 8.42. The summed E-state index contributed by atoms with van der Waals surface area (Å²) in [5.41, 5.74) is 2.13. The molecule has 5 nitrogen and oxygen atoms in total. The minimum absolute atomic E-state index is 0.333. The van der Waals surface area contributed by atoms with Crippen molar-refractivity contribution in [1.82, 2.24) is 10.3 Å². The van der Waals surface area contributed by atoms with Crippen LogP contribution in [0.15, 0.2) is 85.1 Å². The van der Waals surface area contributed by atoms with Crippen LogP contribution in [0.4, 0.5) is 13.2 Å². The van der Waals surface area contributed by atoms with Gasteiger partial charge < -0.3 is 19.8 Å². The smallest absolute Gasteiger partial charge is 0.416 e. The maximum absolute atomic E-state index is 12.9. The highest BCUT2D eigenvalue weighted by Crippen LogP contribution is 2.32. The van der Waals surface area contributed by atoms with Gasteiger partial charge in [-0.15, -0.1) is 0 Å². The molecule has 8 heteroatoms. The summed E-state index contributed by atoms with van der Waals surface area (Å²) in [6.07, 6.45) is -2.03. The van der Waals surface area contributed by atoms with Gasteiger partial charge in [-0.05, 0) is 48.0 Å². The molecule has 0 aliphatic heterocycles. The molecule has 2 N–H and O–H groups in total. The number of alkyl halides is 3. The third-order valence-corrected chi connectivity index (χ3v) is 6.01. The van der Waals surface area contributed by atoms with E-state index in [2.05, 4.69) is 10.3 Å². The number of aromatic nitrogens is 1. The van der Waals surface area contributed by atoms with Crippen LogP contribution in [0.1, 0.15) is 29.2 Å². The average molecular weight is 497 g/mol. The monoisotopic (exact) mass is 496 g/mol. The molecule has 0 spiro atoms. The van der Waals surface area contributed by atoms with Gasteiger partial charge in [0.05, 0.1) is 12.7 Å².